The number of carboxylic acid groups (broad SMARTS) is 1. The van der Waals surface area contributed by atoms with Gasteiger partial charge in [0.2, 0.25) is 0 Å². The van der Waals surface area contributed by atoms with Gasteiger partial charge in [0.05, 0.1) is 18.6 Å². The summed E-state index contributed by atoms with van der Waals surface area (Å²) in [5.41, 5.74) is -0.564. The van der Waals surface area contributed by atoms with E-state index in [9.17, 15) is 4.79 Å². The lowest BCUT2D eigenvalue weighted by Gasteiger charge is -2.18. The van der Waals surface area contributed by atoms with E-state index < -0.39 is 11.6 Å². The Bertz CT molecular complexity index is 174. The van der Waals surface area contributed by atoms with Crippen molar-refractivity contribution in [2.45, 2.75) is 18.9 Å². The summed E-state index contributed by atoms with van der Waals surface area (Å²) in [6.45, 7) is 2.30. The highest BCUT2D eigenvalue weighted by atomic mass is 16.5. The average Bonchev–Trinajstić information content (AvgIpc) is 2.12. The first-order valence-corrected chi connectivity index (χ1v) is 3.16. The van der Waals surface area contributed by atoms with Crippen LogP contribution in [0.1, 0.15) is 13.3 Å². The van der Waals surface area contributed by atoms with Crippen LogP contribution >= 0.6 is 0 Å². The molecule has 0 aromatic heterocycles. The molecule has 1 unspecified atom stereocenters. The molecule has 0 aliphatic carbocycles. The van der Waals surface area contributed by atoms with E-state index in [0.29, 0.717) is 6.61 Å². The Labute approximate surface area is 59.3 Å². The Hall–Kier alpha value is -0.830. The Kier molecular flexibility index (Phi) is 1.76. The first-order valence-electron chi connectivity index (χ1n) is 3.16. The lowest BCUT2D eigenvalue weighted by Crippen LogP contribution is -2.25. The summed E-state index contributed by atoms with van der Waals surface area (Å²) in [4.78, 5) is 10.2. The summed E-state index contributed by atoms with van der Waals surface area (Å²) >= 11 is 0. The van der Waals surface area contributed by atoms with Crippen LogP contribution < -0.4 is 0 Å². The third-order valence-electron chi connectivity index (χ3n) is 1.48. The van der Waals surface area contributed by atoms with Gasteiger partial charge in [-0.2, -0.15) is 0 Å². The van der Waals surface area contributed by atoms with Gasteiger partial charge in [0.25, 0.3) is 0 Å². The fourth-order valence-corrected chi connectivity index (χ4v) is 0.994. The van der Waals surface area contributed by atoms with E-state index >= 15 is 0 Å². The van der Waals surface area contributed by atoms with Crippen molar-refractivity contribution in [1.29, 1.82) is 0 Å². The summed E-state index contributed by atoms with van der Waals surface area (Å²) in [5.74, 6) is -0.825. The fraction of sp³-hybridized carbons (Fsp3) is 0.571. The van der Waals surface area contributed by atoms with Crippen LogP contribution in [0.15, 0.2) is 12.2 Å². The summed E-state index contributed by atoms with van der Waals surface area (Å²) < 4.78 is 5.16. The third kappa shape index (κ3) is 1.57. The zero-order valence-corrected chi connectivity index (χ0v) is 5.83. The average molecular weight is 142 g/mol. The van der Waals surface area contributed by atoms with Gasteiger partial charge in [-0.05, 0) is 6.92 Å². The minimum atomic E-state index is -0.825. The molecule has 1 N–H and O–H groups in total. The normalized spacial score (nSPS) is 30.9. The van der Waals surface area contributed by atoms with Crippen LogP contribution in [-0.4, -0.2) is 23.3 Å². The molecular formula is C7H10O3. The van der Waals surface area contributed by atoms with E-state index in [1.807, 2.05) is 6.08 Å². The van der Waals surface area contributed by atoms with Crippen molar-refractivity contribution >= 4 is 5.97 Å². The SMILES string of the molecule is CC1(CC(=O)O)C=CCO1. The molecule has 1 atom stereocenters. The molecule has 10 heavy (non-hydrogen) atoms. The molecule has 3 heteroatoms. The molecule has 1 heterocycles. The molecule has 56 valence electrons. The number of hydrogen-bond donors (Lipinski definition) is 1. The smallest absolute Gasteiger partial charge is 0.306 e. The highest BCUT2D eigenvalue weighted by Crippen LogP contribution is 2.21. The highest BCUT2D eigenvalue weighted by molar-refractivity contribution is 5.68. The summed E-state index contributed by atoms with van der Waals surface area (Å²) in [6.07, 6.45) is 3.67. The van der Waals surface area contributed by atoms with Gasteiger partial charge in [0, 0.05) is 0 Å². The molecule has 0 fully saturated rings. The van der Waals surface area contributed by atoms with E-state index in [4.69, 9.17) is 9.84 Å². The first kappa shape index (κ1) is 7.28. The van der Waals surface area contributed by atoms with Gasteiger partial charge in [-0.15, -0.1) is 0 Å². The molecule has 0 aromatic rings. The molecule has 1 aliphatic rings. The Morgan fingerprint density at radius 1 is 1.90 bits per heavy atom. The van der Waals surface area contributed by atoms with Crippen LogP contribution in [0, 0.1) is 0 Å². The van der Waals surface area contributed by atoms with E-state index in [0.717, 1.165) is 0 Å². The lowest BCUT2D eigenvalue weighted by atomic mass is 10.0. The van der Waals surface area contributed by atoms with Crippen molar-refractivity contribution in [2.75, 3.05) is 6.61 Å². The summed E-state index contributed by atoms with van der Waals surface area (Å²) in [5, 5.41) is 8.43. The minimum absolute atomic E-state index is 0.0451. The topological polar surface area (TPSA) is 46.5 Å². The van der Waals surface area contributed by atoms with E-state index in [2.05, 4.69) is 0 Å². The zero-order chi connectivity index (χ0) is 7.61. The van der Waals surface area contributed by atoms with Crippen LogP contribution in [0.25, 0.3) is 0 Å². The number of aliphatic carboxylic acids is 1. The predicted molar refractivity (Wildman–Crippen MR) is 35.7 cm³/mol. The van der Waals surface area contributed by atoms with Gasteiger partial charge >= 0.3 is 5.97 Å². The van der Waals surface area contributed by atoms with E-state index in [-0.39, 0.29) is 6.42 Å². The molecule has 1 aliphatic heterocycles. The maximum atomic E-state index is 10.2. The Morgan fingerprint density at radius 2 is 2.60 bits per heavy atom. The van der Waals surface area contributed by atoms with Crippen molar-refractivity contribution in [1.82, 2.24) is 0 Å². The van der Waals surface area contributed by atoms with Gasteiger partial charge in [-0.25, -0.2) is 0 Å². The van der Waals surface area contributed by atoms with Crippen molar-refractivity contribution in [2.24, 2.45) is 0 Å². The molecular weight excluding hydrogens is 132 g/mol. The molecule has 0 amide bonds. The van der Waals surface area contributed by atoms with Crippen molar-refractivity contribution in [3.8, 4) is 0 Å². The second-order valence-corrected chi connectivity index (χ2v) is 2.60. The van der Waals surface area contributed by atoms with Gasteiger partial charge in [0.1, 0.15) is 0 Å². The number of hydrogen-bond acceptors (Lipinski definition) is 2. The standard InChI is InChI=1S/C7H10O3/c1-7(5-6(8)9)3-2-4-10-7/h2-3H,4-5H2,1H3,(H,8,9). The lowest BCUT2D eigenvalue weighted by molar-refractivity contribution is -0.141. The summed E-state index contributed by atoms with van der Waals surface area (Å²) in [6, 6.07) is 0. The van der Waals surface area contributed by atoms with Crippen molar-refractivity contribution in [3.05, 3.63) is 12.2 Å². The molecule has 0 saturated carbocycles. The quantitative estimate of drug-likeness (QED) is 0.580. The number of carboxylic acids is 1. The van der Waals surface area contributed by atoms with Gasteiger partial charge < -0.3 is 9.84 Å². The highest BCUT2D eigenvalue weighted by Gasteiger charge is 2.27. The van der Waals surface area contributed by atoms with Crippen LogP contribution in [-0.2, 0) is 9.53 Å². The Balaban J connectivity index is 2.52. The monoisotopic (exact) mass is 142 g/mol. The molecule has 0 spiro atoms. The van der Waals surface area contributed by atoms with Crippen LogP contribution in [0.2, 0.25) is 0 Å². The van der Waals surface area contributed by atoms with Gasteiger partial charge in [-0.1, -0.05) is 12.2 Å². The van der Waals surface area contributed by atoms with Crippen LogP contribution in [0.5, 0.6) is 0 Å². The molecule has 0 aromatic carbocycles. The number of carbonyl (C=O) groups is 1. The minimum Gasteiger partial charge on any atom is -0.481 e. The maximum Gasteiger partial charge on any atom is 0.306 e. The Morgan fingerprint density at radius 3 is 3.00 bits per heavy atom. The van der Waals surface area contributed by atoms with E-state index in [1.165, 1.54) is 0 Å². The molecule has 0 saturated heterocycles. The van der Waals surface area contributed by atoms with Crippen molar-refractivity contribution in [3.63, 3.8) is 0 Å². The van der Waals surface area contributed by atoms with Crippen LogP contribution in [0.4, 0.5) is 0 Å². The second-order valence-electron chi connectivity index (χ2n) is 2.60. The summed E-state index contributed by atoms with van der Waals surface area (Å²) in [7, 11) is 0. The van der Waals surface area contributed by atoms with Crippen LogP contribution in [0.3, 0.4) is 0 Å². The molecule has 3 nitrogen and oxygen atoms in total. The molecule has 0 radical (unpaired) electrons. The van der Waals surface area contributed by atoms with Gasteiger partial charge in [0.15, 0.2) is 0 Å². The first-order chi connectivity index (χ1) is 4.62. The maximum absolute atomic E-state index is 10.2. The van der Waals surface area contributed by atoms with Crippen molar-refractivity contribution < 1.29 is 14.6 Å². The largest absolute Gasteiger partial charge is 0.481 e. The third-order valence-corrected chi connectivity index (χ3v) is 1.48. The molecule has 1 rings (SSSR count). The van der Waals surface area contributed by atoms with Gasteiger partial charge in [-0.3, -0.25) is 4.79 Å². The fourth-order valence-electron chi connectivity index (χ4n) is 0.994. The van der Waals surface area contributed by atoms with E-state index in [1.54, 1.807) is 13.0 Å². The second kappa shape index (κ2) is 2.42. The predicted octanol–water partition coefficient (Wildman–Crippen LogP) is 0.806. The zero-order valence-electron chi connectivity index (χ0n) is 5.83. The number of ether oxygens (including phenoxy) is 1. The number of rotatable bonds is 2. The molecule has 0 bridgehead atoms.